The number of rotatable bonds is 7. The molecule has 2 aromatic carbocycles. The zero-order chi connectivity index (χ0) is 18.8. The van der Waals surface area contributed by atoms with E-state index in [1.165, 1.54) is 0 Å². The largest absolute Gasteiger partial charge is 0.484 e. The Hall–Kier alpha value is -3.06. The van der Waals surface area contributed by atoms with E-state index in [1.807, 2.05) is 6.07 Å². The zero-order valence-corrected chi connectivity index (χ0v) is 14.6. The molecular formula is C18H18ClN3O4. The third kappa shape index (κ3) is 6.82. The van der Waals surface area contributed by atoms with Crippen molar-refractivity contribution in [3.05, 3.63) is 59.6 Å². The maximum atomic E-state index is 11.8. The van der Waals surface area contributed by atoms with Gasteiger partial charge in [0.2, 0.25) is 11.8 Å². The lowest BCUT2D eigenvalue weighted by molar-refractivity contribution is -0.130. The molecule has 0 aliphatic heterocycles. The van der Waals surface area contributed by atoms with E-state index >= 15 is 0 Å². The number of nitrogens with one attached hydrogen (secondary N) is 3. The molecule has 0 aliphatic carbocycles. The van der Waals surface area contributed by atoms with E-state index in [0.717, 1.165) is 0 Å². The summed E-state index contributed by atoms with van der Waals surface area (Å²) in [6.07, 6.45) is -0.135. The van der Waals surface area contributed by atoms with Crippen molar-refractivity contribution in [1.82, 2.24) is 10.9 Å². The number of hydrazine groups is 1. The van der Waals surface area contributed by atoms with Crippen LogP contribution in [0.4, 0.5) is 5.69 Å². The SMILES string of the molecule is O=C(CCC(=O)Nc1ccccc1Cl)NNC(=O)COc1ccccc1. The topological polar surface area (TPSA) is 96.5 Å². The van der Waals surface area contributed by atoms with Gasteiger partial charge in [-0.1, -0.05) is 41.9 Å². The second kappa shape index (κ2) is 10.0. The monoisotopic (exact) mass is 375 g/mol. The molecule has 8 heteroatoms. The molecule has 0 bridgehead atoms. The van der Waals surface area contributed by atoms with Crippen molar-refractivity contribution in [2.45, 2.75) is 12.8 Å². The number of benzene rings is 2. The zero-order valence-electron chi connectivity index (χ0n) is 13.8. The van der Waals surface area contributed by atoms with E-state index in [9.17, 15) is 14.4 Å². The molecule has 26 heavy (non-hydrogen) atoms. The van der Waals surface area contributed by atoms with Gasteiger partial charge in [-0.05, 0) is 24.3 Å². The summed E-state index contributed by atoms with van der Waals surface area (Å²) in [6.45, 7) is -0.239. The molecule has 0 aliphatic rings. The van der Waals surface area contributed by atoms with Gasteiger partial charge in [-0.15, -0.1) is 0 Å². The van der Waals surface area contributed by atoms with Crippen LogP contribution >= 0.6 is 11.6 Å². The molecule has 0 spiro atoms. The number of amides is 3. The van der Waals surface area contributed by atoms with Crippen LogP contribution in [0.5, 0.6) is 5.75 Å². The molecule has 7 nitrogen and oxygen atoms in total. The highest BCUT2D eigenvalue weighted by molar-refractivity contribution is 6.33. The predicted octanol–water partition coefficient (Wildman–Crippen LogP) is 2.29. The molecule has 0 fully saturated rings. The van der Waals surface area contributed by atoms with Crippen LogP contribution in [0.1, 0.15) is 12.8 Å². The molecule has 0 saturated heterocycles. The van der Waals surface area contributed by atoms with Crippen molar-refractivity contribution in [2.24, 2.45) is 0 Å². The lowest BCUT2D eigenvalue weighted by atomic mass is 10.2. The first-order valence-corrected chi connectivity index (χ1v) is 8.22. The van der Waals surface area contributed by atoms with Crippen LogP contribution in [0, 0.1) is 0 Å². The van der Waals surface area contributed by atoms with Gasteiger partial charge in [-0.25, -0.2) is 0 Å². The standard InChI is InChI=1S/C18H18ClN3O4/c19-14-8-4-5-9-15(14)20-16(23)10-11-17(24)21-22-18(25)12-26-13-6-2-1-3-7-13/h1-9H,10-12H2,(H,20,23)(H,21,24)(H,22,25). The third-order valence-corrected chi connectivity index (χ3v) is 3.51. The van der Waals surface area contributed by atoms with Gasteiger partial charge in [0.25, 0.3) is 5.91 Å². The van der Waals surface area contributed by atoms with E-state index in [4.69, 9.17) is 16.3 Å². The Bertz CT molecular complexity index is 768. The normalized spacial score (nSPS) is 9.88. The fraction of sp³-hybridized carbons (Fsp3) is 0.167. The summed E-state index contributed by atoms with van der Waals surface area (Å²) in [6, 6.07) is 15.6. The summed E-state index contributed by atoms with van der Waals surface area (Å²) in [5.41, 5.74) is 4.92. The number of carbonyl (C=O) groups excluding carboxylic acids is 3. The Balaban J connectivity index is 1.63. The lowest BCUT2D eigenvalue weighted by Gasteiger charge is -2.09. The number of ether oxygens (including phenoxy) is 1. The number of hydrogen-bond acceptors (Lipinski definition) is 4. The van der Waals surface area contributed by atoms with Gasteiger partial charge in [-0.2, -0.15) is 0 Å². The van der Waals surface area contributed by atoms with Crippen LogP contribution < -0.4 is 20.9 Å². The summed E-state index contributed by atoms with van der Waals surface area (Å²) in [7, 11) is 0. The highest BCUT2D eigenvalue weighted by Crippen LogP contribution is 2.20. The van der Waals surface area contributed by atoms with Crippen molar-refractivity contribution in [3.63, 3.8) is 0 Å². The first-order valence-electron chi connectivity index (χ1n) is 7.84. The van der Waals surface area contributed by atoms with Gasteiger partial charge in [0.1, 0.15) is 5.75 Å². The van der Waals surface area contributed by atoms with Crippen LogP contribution in [-0.4, -0.2) is 24.3 Å². The maximum Gasteiger partial charge on any atom is 0.276 e. The number of hydrogen-bond donors (Lipinski definition) is 3. The van der Waals surface area contributed by atoms with Crippen molar-refractivity contribution in [2.75, 3.05) is 11.9 Å². The molecule has 3 amide bonds. The van der Waals surface area contributed by atoms with Crippen LogP contribution in [0.2, 0.25) is 5.02 Å². The second-order valence-electron chi connectivity index (χ2n) is 5.23. The average Bonchev–Trinajstić information content (AvgIpc) is 2.65. The number of para-hydroxylation sites is 2. The van der Waals surface area contributed by atoms with Crippen molar-refractivity contribution >= 4 is 35.0 Å². The maximum absolute atomic E-state index is 11.8. The third-order valence-electron chi connectivity index (χ3n) is 3.18. The molecule has 0 aromatic heterocycles. The first-order chi connectivity index (χ1) is 12.5. The van der Waals surface area contributed by atoms with Crippen LogP contribution in [0.15, 0.2) is 54.6 Å². The Labute approximate surface area is 155 Å². The smallest absolute Gasteiger partial charge is 0.276 e. The van der Waals surface area contributed by atoms with Crippen LogP contribution in [0.3, 0.4) is 0 Å². The van der Waals surface area contributed by atoms with Gasteiger partial charge in [-0.3, -0.25) is 25.2 Å². The summed E-state index contributed by atoms with van der Waals surface area (Å²) in [4.78, 5) is 35.1. The highest BCUT2D eigenvalue weighted by Gasteiger charge is 2.10. The van der Waals surface area contributed by atoms with Gasteiger partial charge >= 0.3 is 0 Å². The minimum absolute atomic E-state index is 0.0482. The molecule has 2 rings (SSSR count). The predicted molar refractivity (Wildman–Crippen MR) is 97.5 cm³/mol. The molecule has 0 unspecified atom stereocenters. The molecular weight excluding hydrogens is 358 g/mol. The van der Waals surface area contributed by atoms with Crippen molar-refractivity contribution in [3.8, 4) is 5.75 Å². The fourth-order valence-electron chi connectivity index (χ4n) is 1.91. The van der Waals surface area contributed by atoms with Gasteiger partial charge in [0.15, 0.2) is 6.61 Å². The molecule has 0 saturated carbocycles. The summed E-state index contributed by atoms with van der Waals surface area (Å²) >= 11 is 5.94. The number of halogens is 1. The fourth-order valence-corrected chi connectivity index (χ4v) is 2.09. The number of carbonyl (C=O) groups is 3. The van der Waals surface area contributed by atoms with Gasteiger partial charge in [0, 0.05) is 12.8 Å². The van der Waals surface area contributed by atoms with E-state index in [2.05, 4.69) is 16.2 Å². The lowest BCUT2D eigenvalue weighted by Crippen LogP contribution is -2.44. The van der Waals surface area contributed by atoms with Crippen molar-refractivity contribution in [1.29, 1.82) is 0 Å². The molecule has 3 N–H and O–H groups in total. The van der Waals surface area contributed by atoms with Gasteiger partial charge < -0.3 is 10.1 Å². The summed E-state index contributed by atoms with van der Waals surface area (Å²) in [5.74, 6) is -0.813. The molecule has 0 heterocycles. The van der Waals surface area contributed by atoms with E-state index in [0.29, 0.717) is 16.5 Å². The Morgan fingerprint density at radius 2 is 1.42 bits per heavy atom. The highest BCUT2D eigenvalue weighted by atomic mass is 35.5. The minimum Gasteiger partial charge on any atom is -0.484 e. The molecule has 136 valence electrons. The summed E-state index contributed by atoms with van der Waals surface area (Å²) in [5, 5.41) is 3.02. The first kappa shape index (κ1) is 19.3. The molecule has 0 radical (unpaired) electrons. The van der Waals surface area contributed by atoms with E-state index < -0.39 is 11.8 Å². The van der Waals surface area contributed by atoms with Crippen molar-refractivity contribution < 1.29 is 19.1 Å². The Morgan fingerprint density at radius 1 is 0.808 bits per heavy atom. The van der Waals surface area contributed by atoms with Gasteiger partial charge in [0.05, 0.1) is 10.7 Å². The van der Waals surface area contributed by atoms with E-state index in [-0.39, 0.29) is 25.4 Å². The van der Waals surface area contributed by atoms with E-state index in [1.54, 1.807) is 48.5 Å². The molecule has 2 aromatic rings. The van der Waals surface area contributed by atoms with Crippen LogP contribution in [0.25, 0.3) is 0 Å². The van der Waals surface area contributed by atoms with Crippen LogP contribution in [-0.2, 0) is 14.4 Å². The molecule has 0 atom stereocenters. The quantitative estimate of drug-likeness (QED) is 0.647. The summed E-state index contributed by atoms with van der Waals surface area (Å²) < 4.78 is 5.24. The Kier molecular flexibility index (Phi) is 7.45. The minimum atomic E-state index is -0.511. The Morgan fingerprint density at radius 3 is 2.15 bits per heavy atom. The average molecular weight is 376 g/mol. The second-order valence-corrected chi connectivity index (χ2v) is 5.63. The number of anilines is 1.